The van der Waals surface area contributed by atoms with Crippen molar-refractivity contribution in [1.29, 1.82) is 0 Å². The molecule has 1 nitrogen and oxygen atoms in total. The fraction of sp³-hybridized carbons (Fsp3) is 0.600. The number of hydrogen-bond acceptors (Lipinski definition) is 1. The lowest BCUT2D eigenvalue weighted by atomic mass is 9.85. The molecule has 0 spiro atoms. The minimum atomic E-state index is -0.292. The number of nitrogens with two attached hydrogens (primary N) is 1. The van der Waals surface area contributed by atoms with Gasteiger partial charge < -0.3 is 5.73 Å². The second-order valence-corrected chi connectivity index (χ2v) is 6.47. The molecule has 0 aliphatic heterocycles. The minimum Gasteiger partial charge on any atom is -0.328 e. The van der Waals surface area contributed by atoms with Crippen LogP contribution in [0.4, 0.5) is 4.39 Å². The van der Waals surface area contributed by atoms with E-state index in [9.17, 15) is 4.39 Å². The first kappa shape index (κ1) is 15.5. The van der Waals surface area contributed by atoms with Gasteiger partial charge in [-0.25, -0.2) is 4.39 Å². The van der Waals surface area contributed by atoms with Gasteiger partial charge in [-0.1, -0.05) is 38.4 Å². The lowest BCUT2D eigenvalue weighted by Gasteiger charge is -2.21. The van der Waals surface area contributed by atoms with Gasteiger partial charge in [-0.3, -0.25) is 0 Å². The van der Waals surface area contributed by atoms with Crippen LogP contribution in [0, 0.1) is 5.82 Å². The molecule has 0 aliphatic carbocycles. The fourth-order valence-electron chi connectivity index (χ4n) is 1.96. The minimum absolute atomic E-state index is 0.211. The van der Waals surface area contributed by atoms with Crippen LogP contribution >= 0.6 is 11.6 Å². The largest absolute Gasteiger partial charge is 0.328 e. The Kier molecular flexibility index (Phi) is 5.18. The zero-order valence-corrected chi connectivity index (χ0v) is 12.4. The van der Waals surface area contributed by atoms with Gasteiger partial charge >= 0.3 is 0 Å². The molecule has 0 bridgehead atoms. The first-order valence-corrected chi connectivity index (χ1v) is 6.83. The lowest BCUT2D eigenvalue weighted by molar-refractivity contribution is 0.521. The maximum atomic E-state index is 14.0. The van der Waals surface area contributed by atoms with E-state index in [2.05, 4.69) is 0 Å². The highest BCUT2D eigenvalue weighted by molar-refractivity contribution is 6.30. The van der Waals surface area contributed by atoms with Gasteiger partial charge in [-0.05, 0) is 48.8 Å². The Balaban J connectivity index is 2.91. The Bertz CT molecular complexity index is 408. The van der Waals surface area contributed by atoms with Crippen molar-refractivity contribution in [1.82, 2.24) is 0 Å². The SMILES string of the molecule is C[C@H](N)CCCc1cc(Cl)c(F)c(C(C)(C)C)c1. The predicted octanol–water partition coefficient (Wildman–Crippen LogP) is 4.45. The van der Waals surface area contributed by atoms with Crippen molar-refractivity contribution in [2.45, 2.75) is 58.4 Å². The Hall–Kier alpha value is -0.600. The molecule has 0 heterocycles. The number of benzene rings is 1. The van der Waals surface area contributed by atoms with Crippen LogP contribution < -0.4 is 5.73 Å². The van der Waals surface area contributed by atoms with Crippen LogP contribution in [-0.4, -0.2) is 6.04 Å². The number of rotatable bonds is 4. The first-order valence-electron chi connectivity index (χ1n) is 6.46. The van der Waals surface area contributed by atoms with E-state index in [1.54, 1.807) is 6.07 Å². The van der Waals surface area contributed by atoms with E-state index in [0.717, 1.165) is 24.8 Å². The van der Waals surface area contributed by atoms with E-state index in [-0.39, 0.29) is 22.3 Å². The topological polar surface area (TPSA) is 26.0 Å². The van der Waals surface area contributed by atoms with Gasteiger partial charge in [0.25, 0.3) is 0 Å². The number of halogens is 2. The van der Waals surface area contributed by atoms with Gasteiger partial charge in [0.2, 0.25) is 0 Å². The highest BCUT2D eigenvalue weighted by Crippen LogP contribution is 2.31. The van der Waals surface area contributed by atoms with Crippen molar-refractivity contribution in [2.24, 2.45) is 5.73 Å². The van der Waals surface area contributed by atoms with Crippen LogP contribution in [0.1, 0.15) is 51.7 Å². The Labute approximate surface area is 115 Å². The molecule has 1 aromatic carbocycles. The zero-order valence-electron chi connectivity index (χ0n) is 11.7. The summed E-state index contributed by atoms with van der Waals surface area (Å²) in [5.74, 6) is -0.292. The molecule has 0 aliphatic rings. The van der Waals surface area contributed by atoms with E-state index in [1.807, 2.05) is 33.8 Å². The van der Waals surface area contributed by atoms with Gasteiger partial charge in [-0.2, -0.15) is 0 Å². The summed E-state index contributed by atoms with van der Waals surface area (Å²) in [6.07, 6.45) is 2.87. The Morgan fingerprint density at radius 1 is 1.33 bits per heavy atom. The van der Waals surface area contributed by atoms with Crippen LogP contribution in [0.25, 0.3) is 0 Å². The zero-order chi connectivity index (χ0) is 13.9. The summed E-state index contributed by atoms with van der Waals surface area (Å²) < 4.78 is 14.0. The third kappa shape index (κ3) is 4.25. The molecule has 0 fully saturated rings. The summed E-state index contributed by atoms with van der Waals surface area (Å²) in [6, 6.07) is 3.87. The molecule has 1 rings (SSSR count). The van der Waals surface area contributed by atoms with Crippen molar-refractivity contribution in [2.75, 3.05) is 0 Å². The summed E-state index contributed by atoms with van der Waals surface area (Å²) in [5.41, 5.74) is 7.27. The monoisotopic (exact) mass is 271 g/mol. The number of hydrogen-bond donors (Lipinski definition) is 1. The molecule has 1 atom stereocenters. The second-order valence-electron chi connectivity index (χ2n) is 6.06. The van der Waals surface area contributed by atoms with Crippen molar-refractivity contribution < 1.29 is 4.39 Å². The van der Waals surface area contributed by atoms with Crippen molar-refractivity contribution >= 4 is 11.6 Å². The van der Waals surface area contributed by atoms with Crippen molar-refractivity contribution in [3.63, 3.8) is 0 Å². The van der Waals surface area contributed by atoms with Crippen molar-refractivity contribution in [3.8, 4) is 0 Å². The maximum absolute atomic E-state index is 14.0. The molecule has 0 saturated heterocycles. The van der Waals surface area contributed by atoms with Crippen molar-refractivity contribution in [3.05, 3.63) is 34.1 Å². The third-order valence-electron chi connectivity index (χ3n) is 3.02. The average Bonchev–Trinajstić information content (AvgIpc) is 2.20. The van der Waals surface area contributed by atoms with E-state index in [1.165, 1.54) is 0 Å². The molecule has 1 aromatic rings. The van der Waals surface area contributed by atoms with Crippen LogP contribution in [0.3, 0.4) is 0 Å². The summed E-state index contributed by atoms with van der Waals surface area (Å²) in [6.45, 7) is 7.98. The quantitative estimate of drug-likeness (QED) is 0.860. The van der Waals surface area contributed by atoms with Gasteiger partial charge in [0.15, 0.2) is 0 Å². The molecule has 0 radical (unpaired) electrons. The van der Waals surface area contributed by atoms with E-state index in [4.69, 9.17) is 17.3 Å². The fourth-order valence-corrected chi connectivity index (χ4v) is 2.21. The summed E-state index contributed by atoms with van der Waals surface area (Å²) in [7, 11) is 0. The number of aryl methyl sites for hydroxylation is 1. The molecule has 3 heteroatoms. The summed E-state index contributed by atoms with van der Waals surface area (Å²) in [5, 5.41) is 0.221. The van der Waals surface area contributed by atoms with Gasteiger partial charge in [-0.15, -0.1) is 0 Å². The summed E-state index contributed by atoms with van der Waals surface area (Å²) in [4.78, 5) is 0. The highest BCUT2D eigenvalue weighted by atomic mass is 35.5. The highest BCUT2D eigenvalue weighted by Gasteiger charge is 2.21. The van der Waals surface area contributed by atoms with Crippen LogP contribution in [0.5, 0.6) is 0 Å². The smallest absolute Gasteiger partial charge is 0.145 e. The summed E-state index contributed by atoms with van der Waals surface area (Å²) >= 11 is 5.97. The Morgan fingerprint density at radius 2 is 1.94 bits per heavy atom. The van der Waals surface area contributed by atoms with E-state index in [0.29, 0.717) is 5.56 Å². The maximum Gasteiger partial charge on any atom is 0.145 e. The molecule has 0 aromatic heterocycles. The standard InChI is InChI=1S/C15H23ClFN/c1-10(18)6-5-7-11-8-12(15(2,3)4)14(17)13(16)9-11/h8-10H,5-7,18H2,1-4H3/t10-/m0/s1. The van der Waals surface area contributed by atoms with E-state index >= 15 is 0 Å². The molecule has 0 amide bonds. The molecule has 102 valence electrons. The molecule has 2 N–H and O–H groups in total. The molecule has 18 heavy (non-hydrogen) atoms. The molecular formula is C15H23ClFN. The second kappa shape index (κ2) is 6.03. The van der Waals surface area contributed by atoms with Gasteiger partial charge in [0.05, 0.1) is 5.02 Å². The van der Waals surface area contributed by atoms with Gasteiger partial charge in [0.1, 0.15) is 5.82 Å². The predicted molar refractivity (Wildman–Crippen MR) is 76.7 cm³/mol. The molecule has 0 unspecified atom stereocenters. The molecular weight excluding hydrogens is 249 g/mol. The third-order valence-corrected chi connectivity index (χ3v) is 3.30. The average molecular weight is 272 g/mol. The Morgan fingerprint density at radius 3 is 2.44 bits per heavy atom. The van der Waals surface area contributed by atoms with Crippen LogP contribution in [-0.2, 0) is 11.8 Å². The van der Waals surface area contributed by atoms with E-state index < -0.39 is 0 Å². The lowest BCUT2D eigenvalue weighted by Crippen LogP contribution is -2.15. The molecule has 0 saturated carbocycles. The first-order chi connectivity index (χ1) is 8.21. The van der Waals surface area contributed by atoms with Crippen LogP contribution in [0.15, 0.2) is 12.1 Å². The normalized spacial score (nSPS) is 13.7. The van der Waals surface area contributed by atoms with Gasteiger partial charge in [0, 0.05) is 6.04 Å². The van der Waals surface area contributed by atoms with Crippen LogP contribution in [0.2, 0.25) is 5.02 Å².